The van der Waals surface area contributed by atoms with Gasteiger partial charge in [-0.3, -0.25) is 10.1 Å². The van der Waals surface area contributed by atoms with Crippen LogP contribution in [0.25, 0.3) is 0 Å². The van der Waals surface area contributed by atoms with Gasteiger partial charge in [-0.25, -0.2) is 0 Å². The van der Waals surface area contributed by atoms with E-state index in [-0.39, 0.29) is 23.3 Å². The molecule has 1 aromatic rings. The van der Waals surface area contributed by atoms with Gasteiger partial charge in [-0.05, 0) is 25.0 Å². The maximum Gasteiger partial charge on any atom is 0.287 e. The first-order valence-corrected chi connectivity index (χ1v) is 6.71. The third-order valence-electron chi connectivity index (χ3n) is 3.81. The van der Waals surface area contributed by atoms with Crippen LogP contribution in [0.15, 0.2) is 18.2 Å². The molecule has 0 bridgehead atoms. The van der Waals surface area contributed by atoms with Crippen molar-refractivity contribution in [2.75, 3.05) is 31.7 Å². The standard InChI is InChI=1S/C14H17N3O4/c15-8-11-7-12(1-2-13(11)17(19)20)16-9-14(3-5-18)4-6-21-10-14/h1-2,7,16,18H,3-6,9-10H2. The highest BCUT2D eigenvalue weighted by Gasteiger charge is 2.34. The fourth-order valence-corrected chi connectivity index (χ4v) is 2.50. The minimum atomic E-state index is -0.569. The maximum atomic E-state index is 10.8. The average molecular weight is 291 g/mol. The molecular formula is C14H17N3O4. The summed E-state index contributed by atoms with van der Waals surface area (Å²) in [6.07, 6.45) is 1.50. The number of nitrogens with one attached hydrogen (secondary N) is 1. The van der Waals surface area contributed by atoms with Crippen LogP contribution >= 0.6 is 0 Å². The van der Waals surface area contributed by atoms with Crippen LogP contribution in [-0.4, -0.2) is 36.4 Å². The Morgan fingerprint density at radius 3 is 2.95 bits per heavy atom. The summed E-state index contributed by atoms with van der Waals surface area (Å²) in [6.45, 7) is 1.94. The lowest BCUT2D eigenvalue weighted by atomic mass is 9.84. The van der Waals surface area contributed by atoms with Crippen LogP contribution in [0.1, 0.15) is 18.4 Å². The fourth-order valence-electron chi connectivity index (χ4n) is 2.50. The Hall–Kier alpha value is -2.17. The Labute approximate surface area is 122 Å². The van der Waals surface area contributed by atoms with Crippen molar-refractivity contribution in [3.63, 3.8) is 0 Å². The average Bonchev–Trinajstić information content (AvgIpc) is 2.94. The largest absolute Gasteiger partial charge is 0.396 e. The number of aliphatic hydroxyl groups excluding tert-OH is 1. The third kappa shape index (κ3) is 3.48. The zero-order valence-corrected chi connectivity index (χ0v) is 11.5. The van der Waals surface area contributed by atoms with Crippen molar-refractivity contribution >= 4 is 11.4 Å². The molecule has 1 fully saturated rings. The van der Waals surface area contributed by atoms with E-state index in [1.807, 2.05) is 6.07 Å². The minimum absolute atomic E-state index is 0.0314. The van der Waals surface area contributed by atoms with Crippen LogP contribution in [-0.2, 0) is 4.74 Å². The van der Waals surface area contributed by atoms with Crippen molar-refractivity contribution < 1.29 is 14.8 Å². The summed E-state index contributed by atoms with van der Waals surface area (Å²) in [5, 5.41) is 32.1. The number of aliphatic hydroxyl groups is 1. The summed E-state index contributed by atoms with van der Waals surface area (Å²) in [5.74, 6) is 0. The van der Waals surface area contributed by atoms with Gasteiger partial charge in [-0.1, -0.05) is 0 Å². The van der Waals surface area contributed by atoms with Gasteiger partial charge in [0.1, 0.15) is 11.6 Å². The van der Waals surface area contributed by atoms with Gasteiger partial charge in [-0.15, -0.1) is 0 Å². The Kier molecular flexibility index (Phi) is 4.73. The Balaban J connectivity index is 2.10. The van der Waals surface area contributed by atoms with Gasteiger partial charge in [0, 0.05) is 36.9 Å². The van der Waals surface area contributed by atoms with Crippen molar-refractivity contribution in [1.82, 2.24) is 0 Å². The van der Waals surface area contributed by atoms with E-state index < -0.39 is 4.92 Å². The molecule has 0 saturated carbocycles. The van der Waals surface area contributed by atoms with E-state index in [9.17, 15) is 10.1 Å². The molecule has 1 aliphatic heterocycles. The second-order valence-corrected chi connectivity index (χ2v) is 5.23. The van der Waals surface area contributed by atoms with Gasteiger partial charge in [0.2, 0.25) is 0 Å². The van der Waals surface area contributed by atoms with E-state index in [1.165, 1.54) is 12.1 Å². The molecule has 112 valence electrons. The van der Waals surface area contributed by atoms with Crippen LogP contribution in [0.5, 0.6) is 0 Å². The molecule has 2 N–H and O–H groups in total. The molecule has 0 spiro atoms. The molecule has 1 aromatic carbocycles. The fraction of sp³-hybridized carbons (Fsp3) is 0.500. The second kappa shape index (κ2) is 6.52. The summed E-state index contributed by atoms with van der Waals surface area (Å²) in [7, 11) is 0. The molecule has 1 saturated heterocycles. The van der Waals surface area contributed by atoms with Gasteiger partial charge >= 0.3 is 0 Å². The van der Waals surface area contributed by atoms with Crippen molar-refractivity contribution in [2.24, 2.45) is 5.41 Å². The van der Waals surface area contributed by atoms with E-state index in [0.717, 1.165) is 6.42 Å². The number of benzene rings is 1. The predicted octanol–water partition coefficient (Wildman–Crippen LogP) is 1.67. The molecule has 1 aliphatic rings. The number of nitro groups is 1. The van der Waals surface area contributed by atoms with Crippen LogP contribution in [0.4, 0.5) is 11.4 Å². The molecule has 0 aliphatic carbocycles. The van der Waals surface area contributed by atoms with Gasteiger partial charge < -0.3 is 15.2 Å². The number of anilines is 1. The third-order valence-corrected chi connectivity index (χ3v) is 3.81. The SMILES string of the molecule is N#Cc1cc(NCC2(CCO)CCOC2)ccc1[N+](=O)[O-]. The molecule has 0 amide bonds. The zero-order chi connectivity index (χ0) is 15.3. The Bertz CT molecular complexity index is 562. The maximum absolute atomic E-state index is 10.8. The van der Waals surface area contributed by atoms with Gasteiger partial charge in [0.05, 0.1) is 11.5 Å². The molecule has 21 heavy (non-hydrogen) atoms. The quantitative estimate of drug-likeness (QED) is 0.609. The molecular weight excluding hydrogens is 274 g/mol. The minimum Gasteiger partial charge on any atom is -0.396 e. The highest BCUT2D eigenvalue weighted by atomic mass is 16.6. The van der Waals surface area contributed by atoms with Crippen LogP contribution in [0.3, 0.4) is 0 Å². The van der Waals surface area contributed by atoms with E-state index in [1.54, 1.807) is 6.07 Å². The van der Waals surface area contributed by atoms with Crippen LogP contribution < -0.4 is 5.32 Å². The lowest BCUT2D eigenvalue weighted by Gasteiger charge is -2.27. The number of hydrogen-bond acceptors (Lipinski definition) is 6. The lowest BCUT2D eigenvalue weighted by Crippen LogP contribution is -2.31. The highest BCUT2D eigenvalue weighted by molar-refractivity contribution is 5.58. The number of ether oxygens (including phenoxy) is 1. The van der Waals surface area contributed by atoms with E-state index in [0.29, 0.717) is 31.9 Å². The number of hydrogen-bond donors (Lipinski definition) is 2. The summed E-state index contributed by atoms with van der Waals surface area (Å²) >= 11 is 0. The van der Waals surface area contributed by atoms with Gasteiger partial charge in [-0.2, -0.15) is 5.26 Å². The normalized spacial score (nSPS) is 21.0. The number of rotatable bonds is 6. The van der Waals surface area contributed by atoms with Crippen molar-refractivity contribution in [3.05, 3.63) is 33.9 Å². The smallest absolute Gasteiger partial charge is 0.287 e. The van der Waals surface area contributed by atoms with E-state index in [4.69, 9.17) is 15.1 Å². The number of nitro benzene ring substituents is 1. The monoisotopic (exact) mass is 291 g/mol. The number of nitrogens with zero attached hydrogens (tertiary/aromatic N) is 2. The molecule has 7 heteroatoms. The molecule has 0 aromatic heterocycles. The lowest BCUT2D eigenvalue weighted by molar-refractivity contribution is -0.385. The Morgan fingerprint density at radius 1 is 1.57 bits per heavy atom. The van der Waals surface area contributed by atoms with Gasteiger partial charge in [0.25, 0.3) is 5.69 Å². The van der Waals surface area contributed by atoms with E-state index >= 15 is 0 Å². The second-order valence-electron chi connectivity index (χ2n) is 5.23. The molecule has 1 unspecified atom stereocenters. The summed E-state index contributed by atoms with van der Waals surface area (Å²) < 4.78 is 5.40. The molecule has 2 rings (SSSR count). The summed E-state index contributed by atoms with van der Waals surface area (Å²) in [5.41, 5.74) is 0.367. The molecule has 7 nitrogen and oxygen atoms in total. The number of nitriles is 1. The van der Waals surface area contributed by atoms with Crippen LogP contribution in [0, 0.1) is 26.9 Å². The first-order valence-electron chi connectivity index (χ1n) is 6.71. The summed E-state index contributed by atoms with van der Waals surface area (Å²) in [4.78, 5) is 10.2. The summed E-state index contributed by atoms with van der Waals surface area (Å²) in [6, 6.07) is 6.22. The zero-order valence-electron chi connectivity index (χ0n) is 11.5. The predicted molar refractivity (Wildman–Crippen MR) is 75.9 cm³/mol. The molecule has 0 radical (unpaired) electrons. The Morgan fingerprint density at radius 2 is 2.38 bits per heavy atom. The molecule has 1 atom stereocenters. The van der Waals surface area contributed by atoms with Crippen molar-refractivity contribution in [1.29, 1.82) is 5.26 Å². The van der Waals surface area contributed by atoms with E-state index in [2.05, 4.69) is 5.32 Å². The van der Waals surface area contributed by atoms with Crippen molar-refractivity contribution in [3.8, 4) is 6.07 Å². The van der Waals surface area contributed by atoms with Crippen molar-refractivity contribution in [2.45, 2.75) is 12.8 Å². The highest BCUT2D eigenvalue weighted by Crippen LogP contribution is 2.33. The van der Waals surface area contributed by atoms with Crippen LogP contribution in [0.2, 0.25) is 0 Å². The topological polar surface area (TPSA) is 108 Å². The first kappa shape index (κ1) is 15.2. The van der Waals surface area contributed by atoms with Gasteiger partial charge in [0.15, 0.2) is 0 Å². The molecule has 1 heterocycles. The first-order chi connectivity index (χ1) is 10.1.